The van der Waals surface area contributed by atoms with E-state index in [2.05, 4.69) is 5.32 Å². The Balaban J connectivity index is 2.23. The minimum absolute atomic E-state index is 0.245. The Kier molecular flexibility index (Phi) is 9.15. The molecule has 2 rings (SSSR count). The van der Waals surface area contributed by atoms with Gasteiger partial charge in [0.05, 0.1) is 13.2 Å². The van der Waals surface area contributed by atoms with Gasteiger partial charge in [0.1, 0.15) is 48.8 Å². The molecule has 2 aliphatic heterocycles. The number of aliphatic hydroxyl groups is 6. The van der Waals surface area contributed by atoms with Gasteiger partial charge in [-0.2, -0.15) is 0 Å². The van der Waals surface area contributed by atoms with Crippen molar-refractivity contribution < 1.29 is 54.4 Å². The molecule has 12 heteroatoms. The first-order valence-electron chi connectivity index (χ1n) is 9.54. The van der Waals surface area contributed by atoms with Gasteiger partial charge >= 0.3 is 0 Å². The highest BCUT2D eigenvalue weighted by Gasteiger charge is 2.51. The van der Waals surface area contributed by atoms with Gasteiger partial charge in [-0.15, -0.1) is 0 Å². The second-order valence-corrected chi connectivity index (χ2v) is 7.11. The number of rotatable bonds is 8. The molecule has 0 aromatic carbocycles. The lowest BCUT2D eigenvalue weighted by Crippen LogP contribution is -2.67. The van der Waals surface area contributed by atoms with Crippen LogP contribution in [0, 0.1) is 0 Å². The van der Waals surface area contributed by atoms with Gasteiger partial charge < -0.3 is 54.9 Å². The van der Waals surface area contributed by atoms with Crippen molar-refractivity contribution in [3.05, 3.63) is 0 Å². The molecule has 0 aromatic heterocycles. The standard InChI is InChI=1S/C17H31NO11/c1-3-4-26-17-14(25)15(12(23)9(6-20)28-17)29-16-10(18-7(2)21)13(24)11(22)8(5-19)27-16/h8-17,19-20,22-25H,3-6H2,1-2H3,(H,18,21)/t8-,9-,10-,11-,12-,13-,14-,15+,16+,17+/m1/s1. The SMILES string of the molecule is CCCO[C@H]1O[C@H](CO)[C@@H](O)[C@H](O[C@@H]2O[C@H](CO)[C@@H](O)[C@H](O)[C@H]2NC(C)=O)[C@H]1O. The van der Waals surface area contributed by atoms with E-state index in [1.165, 1.54) is 6.92 Å². The van der Waals surface area contributed by atoms with Crippen molar-refractivity contribution in [2.45, 2.75) is 81.6 Å². The molecule has 1 amide bonds. The molecule has 0 unspecified atom stereocenters. The molecular formula is C17H31NO11. The predicted octanol–water partition coefficient (Wildman–Crippen LogP) is -3.82. The zero-order valence-electron chi connectivity index (χ0n) is 16.3. The van der Waals surface area contributed by atoms with E-state index in [9.17, 15) is 35.4 Å². The molecule has 2 fully saturated rings. The molecule has 170 valence electrons. The van der Waals surface area contributed by atoms with E-state index >= 15 is 0 Å². The molecule has 2 saturated heterocycles. The summed E-state index contributed by atoms with van der Waals surface area (Å²) in [6.07, 6.45) is -11.8. The van der Waals surface area contributed by atoms with E-state index in [-0.39, 0.29) is 6.61 Å². The molecule has 0 saturated carbocycles. The Morgan fingerprint density at radius 3 is 2.07 bits per heavy atom. The first-order chi connectivity index (χ1) is 13.7. The van der Waals surface area contributed by atoms with Crippen LogP contribution in [0.5, 0.6) is 0 Å². The average molecular weight is 425 g/mol. The lowest BCUT2D eigenvalue weighted by Gasteiger charge is -2.47. The highest BCUT2D eigenvalue weighted by atomic mass is 16.7. The van der Waals surface area contributed by atoms with Gasteiger partial charge in [0.2, 0.25) is 5.91 Å². The molecule has 0 bridgehead atoms. The second kappa shape index (κ2) is 10.9. The highest BCUT2D eigenvalue weighted by Crippen LogP contribution is 2.29. The maximum absolute atomic E-state index is 11.5. The Morgan fingerprint density at radius 2 is 1.52 bits per heavy atom. The van der Waals surface area contributed by atoms with Gasteiger partial charge in [-0.1, -0.05) is 6.92 Å². The molecule has 29 heavy (non-hydrogen) atoms. The van der Waals surface area contributed by atoms with E-state index in [4.69, 9.17) is 18.9 Å². The number of carbonyl (C=O) groups is 1. The van der Waals surface area contributed by atoms with Crippen molar-refractivity contribution in [1.82, 2.24) is 5.32 Å². The number of hydrogen-bond acceptors (Lipinski definition) is 11. The number of carbonyl (C=O) groups excluding carboxylic acids is 1. The summed E-state index contributed by atoms with van der Waals surface area (Å²) in [5, 5.41) is 62.6. The molecule has 7 N–H and O–H groups in total. The Bertz CT molecular complexity index is 524. The van der Waals surface area contributed by atoms with Gasteiger partial charge in [-0.25, -0.2) is 0 Å². The summed E-state index contributed by atoms with van der Waals surface area (Å²) in [6.45, 7) is 2.04. The number of ether oxygens (including phenoxy) is 4. The quantitative estimate of drug-likeness (QED) is 0.202. The summed E-state index contributed by atoms with van der Waals surface area (Å²) in [5.41, 5.74) is 0. The third kappa shape index (κ3) is 5.61. The van der Waals surface area contributed by atoms with E-state index in [1.54, 1.807) is 0 Å². The van der Waals surface area contributed by atoms with E-state index in [0.717, 1.165) is 0 Å². The van der Waals surface area contributed by atoms with Crippen LogP contribution in [0.1, 0.15) is 20.3 Å². The first kappa shape index (κ1) is 24.3. The molecule has 10 atom stereocenters. The van der Waals surface area contributed by atoms with Crippen molar-refractivity contribution in [2.24, 2.45) is 0 Å². The summed E-state index contributed by atoms with van der Waals surface area (Å²) in [6, 6.07) is -1.25. The maximum atomic E-state index is 11.5. The Morgan fingerprint density at radius 1 is 0.931 bits per heavy atom. The summed E-state index contributed by atoms with van der Waals surface area (Å²) in [4.78, 5) is 11.5. The average Bonchev–Trinajstić information content (AvgIpc) is 2.69. The number of aliphatic hydroxyl groups excluding tert-OH is 6. The predicted molar refractivity (Wildman–Crippen MR) is 94.2 cm³/mol. The summed E-state index contributed by atoms with van der Waals surface area (Å²) in [5.74, 6) is -0.550. The second-order valence-electron chi connectivity index (χ2n) is 7.11. The lowest BCUT2D eigenvalue weighted by atomic mass is 9.95. The number of nitrogens with one attached hydrogen (secondary N) is 1. The molecule has 0 aliphatic carbocycles. The lowest BCUT2D eigenvalue weighted by molar-refractivity contribution is -0.347. The van der Waals surface area contributed by atoms with Crippen LogP contribution in [-0.2, 0) is 23.7 Å². The Labute approximate surface area is 167 Å². The topological polar surface area (TPSA) is 187 Å². The van der Waals surface area contributed by atoms with Crippen molar-refractivity contribution >= 4 is 5.91 Å². The fourth-order valence-electron chi connectivity index (χ4n) is 3.33. The summed E-state index contributed by atoms with van der Waals surface area (Å²) >= 11 is 0. The minimum atomic E-state index is -1.55. The van der Waals surface area contributed by atoms with Crippen molar-refractivity contribution in [3.63, 3.8) is 0 Å². The summed E-state index contributed by atoms with van der Waals surface area (Å²) in [7, 11) is 0. The van der Waals surface area contributed by atoms with Crippen molar-refractivity contribution in [1.29, 1.82) is 0 Å². The fraction of sp³-hybridized carbons (Fsp3) is 0.941. The summed E-state index contributed by atoms with van der Waals surface area (Å²) < 4.78 is 21.9. The molecular weight excluding hydrogens is 394 g/mol. The van der Waals surface area contributed by atoms with Crippen LogP contribution in [0.3, 0.4) is 0 Å². The highest BCUT2D eigenvalue weighted by molar-refractivity contribution is 5.73. The van der Waals surface area contributed by atoms with Crippen LogP contribution in [0.15, 0.2) is 0 Å². The van der Waals surface area contributed by atoms with Gasteiger partial charge in [0, 0.05) is 13.5 Å². The third-order valence-electron chi connectivity index (χ3n) is 4.85. The fourth-order valence-corrected chi connectivity index (χ4v) is 3.33. The molecule has 0 aromatic rings. The Hall–Kier alpha value is -0.930. The van der Waals surface area contributed by atoms with Gasteiger partial charge in [-0.3, -0.25) is 4.79 Å². The van der Waals surface area contributed by atoms with Gasteiger partial charge in [0.15, 0.2) is 12.6 Å². The van der Waals surface area contributed by atoms with Gasteiger partial charge in [-0.05, 0) is 6.42 Å². The number of amides is 1. The zero-order chi connectivity index (χ0) is 21.7. The molecule has 12 nitrogen and oxygen atoms in total. The van der Waals surface area contributed by atoms with Crippen molar-refractivity contribution in [2.75, 3.05) is 19.8 Å². The molecule has 0 radical (unpaired) electrons. The van der Waals surface area contributed by atoms with Crippen LogP contribution < -0.4 is 5.32 Å². The third-order valence-corrected chi connectivity index (χ3v) is 4.85. The van der Waals surface area contributed by atoms with Crippen LogP contribution in [0.25, 0.3) is 0 Å². The monoisotopic (exact) mass is 425 g/mol. The first-order valence-corrected chi connectivity index (χ1v) is 9.54. The molecule has 2 aliphatic rings. The molecule has 0 spiro atoms. The largest absolute Gasteiger partial charge is 0.394 e. The number of hydrogen-bond donors (Lipinski definition) is 7. The normalized spacial score (nSPS) is 43.2. The van der Waals surface area contributed by atoms with Crippen LogP contribution in [-0.4, -0.2) is 118 Å². The van der Waals surface area contributed by atoms with E-state index < -0.39 is 80.5 Å². The van der Waals surface area contributed by atoms with Crippen molar-refractivity contribution in [3.8, 4) is 0 Å². The maximum Gasteiger partial charge on any atom is 0.217 e. The minimum Gasteiger partial charge on any atom is -0.394 e. The van der Waals surface area contributed by atoms with Crippen LogP contribution >= 0.6 is 0 Å². The van der Waals surface area contributed by atoms with Crippen LogP contribution in [0.2, 0.25) is 0 Å². The molecule has 2 heterocycles. The van der Waals surface area contributed by atoms with E-state index in [0.29, 0.717) is 6.42 Å². The van der Waals surface area contributed by atoms with E-state index in [1.807, 2.05) is 6.92 Å². The van der Waals surface area contributed by atoms with Crippen LogP contribution in [0.4, 0.5) is 0 Å². The zero-order valence-corrected chi connectivity index (χ0v) is 16.3. The smallest absolute Gasteiger partial charge is 0.217 e. The van der Waals surface area contributed by atoms with Gasteiger partial charge in [0.25, 0.3) is 0 Å².